The number of hydrogen-bond acceptors (Lipinski definition) is 4. The molecule has 2 aromatic rings. The van der Waals surface area contributed by atoms with Crippen LogP contribution >= 0.6 is 0 Å². The molecule has 0 unspecified atom stereocenters. The standard InChI is InChI=1S/C21H26N4O2/c1-21(2,3)25-18-11-7-10-16(15(18)13-22-25)23-20(26)17-12-19(27-24-17)14-8-5-4-6-9-14/h4-6,8-9,13,16,19H,7,10-12H2,1-3H3,(H,23,26)/t16-,19+/m1/s1. The minimum Gasteiger partial charge on any atom is -0.387 e. The third-order valence-corrected chi connectivity index (χ3v) is 5.23. The fourth-order valence-corrected chi connectivity index (χ4v) is 3.88. The van der Waals surface area contributed by atoms with Gasteiger partial charge in [0.15, 0.2) is 6.10 Å². The van der Waals surface area contributed by atoms with Crippen LogP contribution < -0.4 is 5.32 Å². The van der Waals surface area contributed by atoms with Gasteiger partial charge in [-0.2, -0.15) is 5.10 Å². The van der Waals surface area contributed by atoms with E-state index in [1.807, 2.05) is 36.5 Å². The van der Waals surface area contributed by atoms with Gasteiger partial charge in [0.05, 0.1) is 17.8 Å². The quantitative estimate of drug-likeness (QED) is 0.901. The summed E-state index contributed by atoms with van der Waals surface area (Å²) in [5, 5.41) is 11.8. The van der Waals surface area contributed by atoms with E-state index in [0.717, 1.165) is 30.4 Å². The van der Waals surface area contributed by atoms with Crippen molar-refractivity contribution >= 4 is 11.6 Å². The maximum Gasteiger partial charge on any atom is 0.269 e. The Hall–Kier alpha value is -2.63. The number of hydrogen-bond donors (Lipinski definition) is 1. The van der Waals surface area contributed by atoms with E-state index >= 15 is 0 Å². The zero-order valence-corrected chi connectivity index (χ0v) is 16.1. The summed E-state index contributed by atoms with van der Waals surface area (Å²) in [5.74, 6) is -0.144. The molecule has 0 saturated carbocycles. The third-order valence-electron chi connectivity index (χ3n) is 5.23. The molecule has 27 heavy (non-hydrogen) atoms. The highest BCUT2D eigenvalue weighted by Gasteiger charge is 2.32. The first-order chi connectivity index (χ1) is 12.9. The van der Waals surface area contributed by atoms with Crippen LogP contribution in [0, 0.1) is 0 Å². The molecule has 0 radical (unpaired) electrons. The van der Waals surface area contributed by atoms with E-state index in [4.69, 9.17) is 4.84 Å². The van der Waals surface area contributed by atoms with Crippen molar-refractivity contribution in [2.75, 3.05) is 0 Å². The van der Waals surface area contributed by atoms with Gasteiger partial charge >= 0.3 is 0 Å². The summed E-state index contributed by atoms with van der Waals surface area (Å²) in [4.78, 5) is 18.2. The highest BCUT2D eigenvalue weighted by Crippen LogP contribution is 2.33. The van der Waals surface area contributed by atoms with Crippen molar-refractivity contribution < 1.29 is 9.63 Å². The molecule has 6 heteroatoms. The molecule has 0 saturated heterocycles. The molecule has 0 bridgehead atoms. The number of carbonyl (C=O) groups excluding carboxylic acids is 1. The monoisotopic (exact) mass is 366 g/mol. The fourth-order valence-electron chi connectivity index (χ4n) is 3.88. The molecule has 1 amide bonds. The number of nitrogens with one attached hydrogen (secondary N) is 1. The summed E-state index contributed by atoms with van der Waals surface area (Å²) in [5.41, 5.74) is 3.79. The predicted molar refractivity (Wildman–Crippen MR) is 103 cm³/mol. The summed E-state index contributed by atoms with van der Waals surface area (Å²) in [6.45, 7) is 6.45. The highest BCUT2D eigenvalue weighted by molar-refractivity contribution is 6.39. The van der Waals surface area contributed by atoms with Crippen LogP contribution in [0.15, 0.2) is 41.7 Å². The number of nitrogens with zero attached hydrogens (tertiary/aromatic N) is 3. The van der Waals surface area contributed by atoms with E-state index in [1.54, 1.807) is 0 Å². The van der Waals surface area contributed by atoms with E-state index in [2.05, 4.69) is 41.0 Å². The maximum atomic E-state index is 12.8. The normalized spacial score (nSPS) is 22.0. The number of rotatable bonds is 3. The van der Waals surface area contributed by atoms with Gasteiger partial charge in [-0.25, -0.2) is 0 Å². The minimum atomic E-state index is -0.183. The Morgan fingerprint density at radius 2 is 2.04 bits per heavy atom. The zero-order chi connectivity index (χ0) is 19.0. The Labute approximate surface area is 159 Å². The Morgan fingerprint density at radius 1 is 1.26 bits per heavy atom. The Balaban J connectivity index is 1.45. The molecule has 142 valence electrons. The van der Waals surface area contributed by atoms with Crippen molar-refractivity contribution in [3.63, 3.8) is 0 Å². The van der Waals surface area contributed by atoms with Crippen molar-refractivity contribution in [1.82, 2.24) is 15.1 Å². The van der Waals surface area contributed by atoms with Crippen molar-refractivity contribution in [2.24, 2.45) is 5.16 Å². The molecule has 0 spiro atoms. The van der Waals surface area contributed by atoms with Crippen LogP contribution in [0.2, 0.25) is 0 Å². The molecule has 1 aromatic carbocycles. The maximum absolute atomic E-state index is 12.8. The molecule has 4 rings (SSSR count). The first-order valence-electron chi connectivity index (χ1n) is 9.59. The summed E-state index contributed by atoms with van der Waals surface area (Å²) in [6.07, 6.45) is 5.18. The second-order valence-electron chi connectivity index (χ2n) is 8.29. The van der Waals surface area contributed by atoms with Gasteiger partial charge in [0.2, 0.25) is 0 Å². The fraction of sp³-hybridized carbons (Fsp3) is 0.476. The van der Waals surface area contributed by atoms with Gasteiger partial charge in [0.25, 0.3) is 5.91 Å². The van der Waals surface area contributed by atoms with Crippen molar-refractivity contribution in [3.8, 4) is 0 Å². The van der Waals surface area contributed by atoms with Gasteiger partial charge < -0.3 is 10.2 Å². The van der Waals surface area contributed by atoms with Crippen LogP contribution in [0.3, 0.4) is 0 Å². The Bertz CT molecular complexity index is 864. The van der Waals surface area contributed by atoms with Crippen LogP contribution in [0.4, 0.5) is 0 Å². The Morgan fingerprint density at radius 3 is 2.78 bits per heavy atom. The highest BCUT2D eigenvalue weighted by atomic mass is 16.6. The van der Waals surface area contributed by atoms with Gasteiger partial charge in [0.1, 0.15) is 5.71 Å². The van der Waals surface area contributed by atoms with E-state index < -0.39 is 0 Å². The molecule has 1 aliphatic carbocycles. The largest absolute Gasteiger partial charge is 0.387 e. The smallest absolute Gasteiger partial charge is 0.269 e. The molecule has 1 aromatic heterocycles. The topological polar surface area (TPSA) is 68.5 Å². The molecule has 2 heterocycles. The van der Waals surface area contributed by atoms with Gasteiger partial charge in [-0.1, -0.05) is 35.5 Å². The Kier molecular flexibility index (Phi) is 4.50. The zero-order valence-electron chi connectivity index (χ0n) is 16.1. The average molecular weight is 366 g/mol. The van der Waals surface area contributed by atoms with Crippen LogP contribution in [-0.2, 0) is 21.6 Å². The van der Waals surface area contributed by atoms with E-state index in [-0.39, 0.29) is 23.6 Å². The lowest BCUT2D eigenvalue weighted by molar-refractivity contribution is -0.115. The lowest BCUT2D eigenvalue weighted by atomic mass is 9.92. The van der Waals surface area contributed by atoms with Gasteiger partial charge in [-0.05, 0) is 45.6 Å². The summed E-state index contributed by atoms with van der Waals surface area (Å²) < 4.78 is 2.09. The SMILES string of the molecule is CC(C)(C)n1ncc2c1CCC[C@H]2NC(=O)C1=NO[C@H](c2ccccc2)C1. The van der Waals surface area contributed by atoms with Crippen molar-refractivity contribution in [2.45, 2.75) is 64.1 Å². The lowest BCUT2D eigenvalue weighted by Crippen LogP contribution is -2.36. The van der Waals surface area contributed by atoms with Gasteiger partial charge in [-0.3, -0.25) is 9.48 Å². The molecule has 1 N–H and O–H groups in total. The third kappa shape index (κ3) is 3.48. The molecule has 6 nitrogen and oxygen atoms in total. The number of benzene rings is 1. The number of amides is 1. The second-order valence-corrected chi connectivity index (χ2v) is 8.29. The number of carbonyl (C=O) groups is 1. The molecular weight excluding hydrogens is 340 g/mol. The van der Waals surface area contributed by atoms with Gasteiger partial charge in [-0.15, -0.1) is 0 Å². The summed E-state index contributed by atoms with van der Waals surface area (Å²) in [7, 11) is 0. The summed E-state index contributed by atoms with van der Waals surface area (Å²) >= 11 is 0. The molecule has 2 atom stereocenters. The summed E-state index contributed by atoms with van der Waals surface area (Å²) in [6, 6.07) is 9.87. The number of fused-ring (bicyclic) bond motifs is 1. The average Bonchev–Trinajstić information content (AvgIpc) is 3.30. The lowest BCUT2D eigenvalue weighted by Gasteiger charge is -2.28. The van der Waals surface area contributed by atoms with E-state index in [9.17, 15) is 4.79 Å². The van der Waals surface area contributed by atoms with Gasteiger partial charge in [0, 0.05) is 17.7 Å². The first-order valence-corrected chi connectivity index (χ1v) is 9.59. The predicted octanol–water partition coefficient (Wildman–Crippen LogP) is 3.65. The van der Waals surface area contributed by atoms with Crippen molar-refractivity contribution in [3.05, 3.63) is 53.3 Å². The van der Waals surface area contributed by atoms with Crippen LogP contribution in [0.1, 0.15) is 69.0 Å². The first kappa shape index (κ1) is 17.8. The molecule has 2 aliphatic rings. The van der Waals surface area contributed by atoms with Crippen LogP contribution in [0.25, 0.3) is 0 Å². The second kappa shape index (κ2) is 6.83. The van der Waals surface area contributed by atoms with E-state index in [0.29, 0.717) is 12.1 Å². The van der Waals surface area contributed by atoms with Crippen molar-refractivity contribution in [1.29, 1.82) is 0 Å². The molecular formula is C21H26N4O2. The van der Waals surface area contributed by atoms with Crippen LogP contribution in [-0.4, -0.2) is 21.4 Å². The minimum absolute atomic E-state index is 0.0178. The molecule has 1 aliphatic heterocycles. The van der Waals surface area contributed by atoms with Crippen LogP contribution in [0.5, 0.6) is 0 Å². The molecule has 0 fully saturated rings. The van der Waals surface area contributed by atoms with E-state index in [1.165, 1.54) is 5.69 Å². The number of aromatic nitrogens is 2. The number of oxime groups is 1.